The third kappa shape index (κ3) is 4.84. The van der Waals surface area contributed by atoms with Gasteiger partial charge in [-0.2, -0.15) is 5.26 Å². The van der Waals surface area contributed by atoms with Gasteiger partial charge in [0.2, 0.25) is 0 Å². The van der Waals surface area contributed by atoms with Crippen molar-refractivity contribution in [2.24, 2.45) is 0 Å². The summed E-state index contributed by atoms with van der Waals surface area (Å²) in [4.78, 5) is 0. The molecule has 0 aromatic heterocycles. The fourth-order valence-electron chi connectivity index (χ4n) is 1.52. The van der Waals surface area contributed by atoms with Crippen molar-refractivity contribution in [1.82, 2.24) is 0 Å². The van der Waals surface area contributed by atoms with Gasteiger partial charge in [0.25, 0.3) is 0 Å². The minimum Gasteiger partial charge on any atom is -0.494 e. The molecule has 0 radical (unpaired) electrons. The molecule has 1 aromatic rings. The Morgan fingerprint density at radius 2 is 1.75 bits per heavy atom. The molecule has 0 bridgehead atoms. The first-order chi connectivity index (χ1) is 7.86. The first-order valence-electron chi connectivity index (χ1n) is 5.99. The van der Waals surface area contributed by atoms with E-state index < -0.39 is 0 Å². The third-order valence-corrected chi connectivity index (χ3v) is 2.50. The van der Waals surface area contributed by atoms with Gasteiger partial charge in [-0.25, -0.2) is 0 Å². The van der Waals surface area contributed by atoms with E-state index in [4.69, 9.17) is 10.00 Å². The van der Waals surface area contributed by atoms with Gasteiger partial charge in [0.15, 0.2) is 0 Å². The van der Waals surface area contributed by atoms with Gasteiger partial charge >= 0.3 is 0 Å². The summed E-state index contributed by atoms with van der Waals surface area (Å²) >= 11 is 0. The zero-order valence-corrected chi connectivity index (χ0v) is 9.91. The van der Waals surface area contributed by atoms with E-state index >= 15 is 0 Å². The number of unbranched alkanes of at least 4 members (excludes halogenated alkanes) is 4. The maximum absolute atomic E-state index is 8.63. The van der Waals surface area contributed by atoms with E-state index in [0.29, 0.717) is 5.56 Å². The Morgan fingerprint density at radius 1 is 1.06 bits per heavy atom. The first-order valence-corrected chi connectivity index (χ1v) is 5.99. The first kappa shape index (κ1) is 12.6. The molecule has 0 aliphatic heterocycles. The summed E-state index contributed by atoms with van der Waals surface area (Å²) in [6.07, 6.45) is 6.24. The molecule has 0 fully saturated rings. The molecule has 2 heteroatoms. The number of rotatable bonds is 7. The largest absolute Gasteiger partial charge is 0.494 e. The van der Waals surface area contributed by atoms with Crippen molar-refractivity contribution >= 4 is 0 Å². The molecule has 0 spiro atoms. The average Bonchev–Trinajstić information content (AvgIpc) is 2.34. The molecule has 0 aliphatic rings. The number of hydrogen-bond donors (Lipinski definition) is 0. The van der Waals surface area contributed by atoms with E-state index in [2.05, 4.69) is 13.0 Å². The second-order valence-corrected chi connectivity index (χ2v) is 3.90. The van der Waals surface area contributed by atoms with Crippen molar-refractivity contribution in [2.45, 2.75) is 39.0 Å². The van der Waals surface area contributed by atoms with Crippen LogP contribution in [0.4, 0.5) is 0 Å². The lowest BCUT2D eigenvalue weighted by Crippen LogP contribution is -1.97. The van der Waals surface area contributed by atoms with Gasteiger partial charge in [-0.1, -0.05) is 32.6 Å². The molecule has 1 rings (SSSR count). The van der Waals surface area contributed by atoms with Crippen LogP contribution in [0.15, 0.2) is 24.3 Å². The monoisotopic (exact) mass is 217 g/mol. The molecular formula is C14H19NO. The lowest BCUT2D eigenvalue weighted by molar-refractivity contribution is 0.304. The molecule has 0 atom stereocenters. The SMILES string of the molecule is CCCCCCCOc1ccc(C#N)cc1. The van der Waals surface area contributed by atoms with Crippen molar-refractivity contribution < 1.29 is 4.74 Å². The number of benzene rings is 1. The van der Waals surface area contributed by atoms with Gasteiger partial charge in [0, 0.05) is 0 Å². The number of nitriles is 1. The average molecular weight is 217 g/mol. The summed E-state index contributed by atoms with van der Waals surface area (Å²) in [6.45, 7) is 2.99. The fourth-order valence-corrected chi connectivity index (χ4v) is 1.52. The molecule has 1 aromatic carbocycles. The lowest BCUT2D eigenvalue weighted by atomic mass is 10.2. The van der Waals surface area contributed by atoms with Crippen LogP contribution in [-0.2, 0) is 0 Å². The Morgan fingerprint density at radius 3 is 2.38 bits per heavy atom. The van der Waals surface area contributed by atoms with Gasteiger partial charge in [-0.05, 0) is 30.7 Å². The molecule has 0 aliphatic carbocycles. The Balaban J connectivity index is 2.15. The summed E-state index contributed by atoms with van der Waals surface area (Å²) in [5.74, 6) is 0.856. The quantitative estimate of drug-likeness (QED) is 0.649. The number of ether oxygens (including phenoxy) is 1. The van der Waals surface area contributed by atoms with E-state index in [1.54, 1.807) is 12.1 Å². The van der Waals surface area contributed by atoms with Crippen LogP contribution in [0.1, 0.15) is 44.6 Å². The van der Waals surface area contributed by atoms with Crippen LogP contribution in [-0.4, -0.2) is 6.61 Å². The Hall–Kier alpha value is -1.49. The van der Waals surface area contributed by atoms with Crippen molar-refractivity contribution in [3.8, 4) is 11.8 Å². The predicted octanol–water partition coefficient (Wildman–Crippen LogP) is 3.91. The minimum absolute atomic E-state index is 0.676. The summed E-state index contributed by atoms with van der Waals surface area (Å²) in [5, 5.41) is 8.63. The van der Waals surface area contributed by atoms with Crippen molar-refractivity contribution in [2.75, 3.05) is 6.61 Å². The molecule has 0 saturated heterocycles. The Labute approximate surface area is 97.9 Å². The topological polar surface area (TPSA) is 33.0 Å². The highest BCUT2D eigenvalue weighted by Gasteiger charge is 1.94. The molecule has 16 heavy (non-hydrogen) atoms. The lowest BCUT2D eigenvalue weighted by Gasteiger charge is -2.05. The minimum atomic E-state index is 0.676. The molecule has 0 unspecified atom stereocenters. The summed E-state index contributed by atoms with van der Waals surface area (Å²) in [7, 11) is 0. The number of hydrogen-bond acceptors (Lipinski definition) is 2. The van der Waals surface area contributed by atoms with Crippen LogP contribution in [0.5, 0.6) is 5.75 Å². The van der Waals surface area contributed by atoms with E-state index in [0.717, 1.165) is 18.8 Å². The van der Waals surface area contributed by atoms with Crippen LogP contribution in [0, 0.1) is 11.3 Å². The van der Waals surface area contributed by atoms with Crippen molar-refractivity contribution in [3.63, 3.8) is 0 Å². The molecular weight excluding hydrogens is 198 g/mol. The van der Waals surface area contributed by atoms with Crippen LogP contribution in [0.2, 0.25) is 0 Å². The summed E-state index contributed by atoms with van der Waals surface area (Å²) in [6, 6.07) is 9.36. The van der Waals surface area contributed by atoms with Gasteiger partial charge in [0.1, 0.15) is 5.75 Å². The second kappa shape index (κ2) is 7.76. The molecule has 0 heterocycles. The molecule has 0 N–H and O–H groups in total. The van der Waals surface area contributed by atoms with E-state index in [-0.39, 0.29) is 0 Å². The maximum Gasteiger partial charge on any atom is 0.119 e. The van der Waals surface area contributed by atoms with Gasteiger partial charge in [-0.15, -0.1) is 0 Å². The normalized spacial score (nSPS) is 9.75. The zero-order chi connectivity index (χ0) is 11.6. The molecule has 2 nitrogen and oxygen atoms in total. The molecule has 0 saturated carbocycles. The molecule has 86 valence electrons. The van der Waals surface area contributed by atoms with E-state index in [1.165, 1.54) is 25.7 Å². The highest BCUT2D eigenvalue weighted by Crippen LogP contribution is 2.12. The van der Waals surface area contributed by atoms with Crippen LogP contribution in [0.25, 0.3) is 0 Å². The highest BCUT2D eigenvalue weighted by atomic mass is 16.5. The smallest absolute Gasteiger partial charge is 0.119 e. The Kier molecular flexibility index (Phi) is 6.10. The predicted molar refractivity (Wildman–Crippen MR) is 65.4 cm³/mol. The van der Waals surface area contributed by atoms with Gasteiger partial charge in [-0.3, -0.25) is 0 Å². The number of nitrogens with zero attached hydrogens (tertiary/aromatic N) is 1. The van der Waals surface area contributed by atoms with E-state index in [9.17, 15) is 0 Å². The van der Waals surface area contributed by atoms with E-state index in [1.807, 2.05) is 12.1 Å². The summed E-state index contributed by atoms with van der Waals surface area (Å²) < 4.78 is 5.58. The summed E-state index contributed by atoms with van der Waals surface area (Å²) in [5.41, 5.74) is 0.676. The van der Waals surface area contributed by atoms with Crippen LogP contribution in [0.3, 0.4) is 0 Å². The van der Waals surface area contributed by atoms with Gasteiger partial charge < -0.3 is 4.74 Å². The third-order valence-electron chi connectivity index (χ3n) is 2.50. The van der Waals surface area contributed by atoms with Crippen LogP contribution >= 0.6 is 0 Å². The standard InChI is InChI=1S/C14H19NO/c1-2-3-4-5-6-11-16-14-9-7-13(12-15)8-10-14/h7-10H,2-6,11H2,1H3. The fraction of sp³-hybridized carbons (Fsp3) is 0.500. The highest BCUT2D eigenvalue weighted by molar-refractivity contribution is 5.34. The second-order valence-electron chi connectivity index (χ2n) is 3.90. The zero-order valence-electron chi connectivity index (χ0n) is 9.91. The Bertz CT molecular complexity index is 324. The maximum atomic E-state index is 8.63. The van der Waals surface area contributed by atoms with Crippen molar-refractivity contribution in [1.29, 1.82) is 5.26 Å². The van der Waals surface area contributed by atoms with Crippen molar-refractivity contribution in [3.05, 3.63) is 29.8 Å². The van der Waals surface area contributed by atoms with Gasteiger partial charge in [0.05, 0.1) is 18.2 Å². The van der Waals surface area contributed by atoms with Crippen LogP contribution < -0.4 is 4.74 Å². The molecule has 0 amide bonds.